The van der Waals surface area contributed by atoms with Crippen molar-refractivity contribution in [1.29, 1.82) is 0 Å². The molecule has 5 nitrogen and oxygen atoms in total. The van der Waals surface area contributed by atoms with Crippen molar-refractivity contribution in [3.63, 3.8) is 0 Å². The van der Waals surface area contributed by atoms with Crippen molar-refractivity contribution in [3.05, 3.63) is 11.9 Å². The van der Waals surface area contributed by atoms with Crippen LogP contribution in [0.5, 0.6) is 0 Å². The minimum atomic E-state index is 0.652. The van der Waals surface area contributed by atoms with E-state index in [0.29, 0.717) is 5.82 Å². The van der Waals surface area contributed by atoms with Crippen molar-refractivity contribution in [2.45, 2.75) is 19.8 Å². The van der Waals surface area contributed by atoms with Gasteiger partial charge >= 0.3 is 0 Å². The second-order valence-electron chi connectivity index (χ2n) is 3.33. The lowest BCUT2D eigenvalue weighted by Gasteiger charge is -2.08. The molecular formula is C10H19N5S. The smallest absolute Gasteiger partial charge is 0.145 e. The van der Waals surface area contributed by atoms with Gasteiger partial charge in [-0.25, -0.2) is 15.8 Å². The van der Waals surface area contributed by atoms with Crippen LogP contribution in [0.3, 0.4) is 0 Å². The Hall–Kier alpha value is -1.01. The molecule has 0 aliphatic rings. The minimum Gasteiger partial charge on any atom is -0.370 e. The van der Waals surface area contributed by atoms with Gasteiger partial charge in [-0.2, -0.15) is 11.8 Å². The van der Waals surface area contributed by atoms with E-state index in [9.17, 15) is 0 Å². The highest BCUT2D eigenvalue weighted by Gasteiger charge is 2.01. The molecule has 0 radical (unpaired) electrons. The summed E-state index contributed by atoms with van der Waals surface area (Å²) in [6.45, 7) is 2.94. The number of hydrazine groups is 1. The van der Waals surface area contributed by atoms with Crippen LogP contribution >= 0.6 is 11.8 Å². The fraction of sp³-hybridized carbons (Fsp3) is 0.600. The lowest BCUT2D eigenvalue weighted by Crippen LogP contribution is -2.12. The highest BCUT2D eigenvalue weighted by molar-refractivity contribution is 7.98. The number of nitrogens with one attached hydrogen (secondary N) is 2. The summed E-state index contributed by atoms with van der Waals surface area (Å²) in [6.07, 6.45) is 4.03. The summed E-state index contributed by atoms with van der Waals surface area (Å²) in [6, 6.07) is 1.82. The second-order valence-corrected chi connectivity index (χ2v) is 4.31. The van der Waals surface area contributed by atoms with Crippen LogP contribution in [-0.2, 0) is 6.42 Å². The van der Waals surface area contributed by atoms with E-state index >= 15 is 0 Å². The van der Waals surface area contributed by atoms with Crippen LogP contribution in [0, 0.1) is 0 Å². The van der Waals surface area contributed by atoms with E-state index < -0.39 is 0 Å². The molecule has 6 heteroatoms. The summed E-state index contributed by atoms with van der Waals surface area (Å²) in [4.78, 5) is 8.60. The molecule has 0 aliphatic carbocycles. The number of hydrogen-bond donors (Lipinski definition) is 3. The van der Waals surface area contributed by atoms with E-state index in [1.807, 2.05) is 24.8 Å². The molecule has 0 amide bonds. The van der Waals surface area contributed by atoms with Gasteiger partial charge in [-0.3, -0.25) is 0 Å². The van der Waals surface area contributed by atoms with Gasteiger partial charge < -0.3 is 10.7 Å². The third kappa shape index (κ3) is 4.24. The number of aromatic nitrogens is 2. The number of nitrogen functional groups attached to an aromatic ring is 1. The minimum absolute atomic E-state index is 0.652. The maximum atomic E-state index is 5.35. The lowest BCUT2D eigenvalue weighted by molar-refractivity contribution is 0.919. The zero-order chi connectivity index (χ0) is 11.8. The molecule has 1 heterocycles. The second kappa shape index (κ2) is 7.29. The molecule has 4 N–H and O–H groups in total. The van der Waals surface area contributed by atoms with Crippen molar-refractivity contribution in [2.75, 3.05) is 29.3 Å². The molecule has 0 spiro atoms. The first-order chi connectivity index (χ1) is 7.80. The van der Waals surface area contributed by atoms with Gasteiger partial charge in [0.2, 0.25) is 0 Å². The standard InChI is InChI=1S/C10H19N5S/c1-3-8-13-9(7-10(14-8)15-11)12-5-4-6-16-2/h7H,3-6,11H2,1-2H3,(H2,12,13,14,15). The Labute approximate surface area is 101 Å². The molecule has 0 aromatic carbocycles. The molecule has 0 fully saturated rings. The van der Waals surface area contributed by atoms with Gasteiger partial charge in [0.1, 0.15) is 17.5 Å². The Morgan fingerprint density at radius 3 is 2.75 bits per heavy atom. The number of nitrogens with zero attached hydrogens (tertiary/aromatic N) is 2. The SMILES string of the molecule is CCc1nc(NN)cc(NCCCSC)n1. The number of aryl methyl sites for hydroxylation is 1. The van der Waals surface area contributed by atoms with Gasteiger partial charge in [-0.05, 0) is 18.4 Å². The lowest BCUT2D eigenvalue weighted by atomic mass is 10.4. The predicted octanol–water partition coefficient (Wildman–Crippen LogP) is 1.49. The Morgan fingerprint density at radius 1 is 1.38 bits per heavy atom. The average molecular weight is 241 g/mol. The zero-order valence-electron chi connectivity index (χ0n) is 9.79. The largest absolute Gasteiger partial charge is 0.370 e. The van der Waals surface area contributed by atoms with Crippen LogP contribution in [0.4, 0.5) is 11.6 Å². The van der Waals surface area contributed by atoms with E-state index in [2.05, 4.69) is 27.0 Å². The van der Waals surface area contributed by atoms with E-state index in [1.54, 1.807) is 0 Å². The first-order valence-corrected chi connectivity index (χ1v) is 6.77. The molecule has 0 unspecified atom stereocenters. The summed E-state index contributed by atoms with van der Waals surface area (Å²) < 4.78 is 0. The molecule has 0 atom stereocenters. The van der Waals surface area contributed by atoms with Crippen molar-refractivity contribution in [3.8, 4) is 0 Å². The topological polar surface area (TPSA) is 75.9 Å². The molecule has 1 aromatic rings. The van der Waals surface area contributed by atoms with Gasteiger partial charge in [0.25, 0.3) is 0 Å². The Bertz CT molecular complexity index is 296. The highest BCUT2D eigenvalue weighted by atomic mass is 32.2. The Balaban J connectivity index is 2.57. The summed E-state index contributed by atoms with van der Waals surface area (Å²) in [7, 11) is 0. The van der Waals surface area contributed by atoms with Crippen LogP contribution in [0.2, 0.25) is 0 Å². The summed E-state index contributed by atoms with van der Waals surface area (Å²) in [5, 5.41) is 3.27. The number of hydrogen-bond acceptors (Lipinski definition) is 6. The normalized spacial score (nSPS) is 10.2. The molecular weight excluding hydrogens is 222 g/mol. The fourth-order valence-electron chi connectivity index (χ4n) is 1.25. The van der Waals surface area contributed by atoms with Crippen LogP contribution < -0.4 is 16.6 Å². The van der Waals surface area contributed by atoms with Crippen LogP contribution in [0.1, 0.15) is 19.2 Å². The first kappa shape index (κ1) is 13.1. The molecule has 1 aromatic heterocycles. The molecule has 0 bridgehead atoms. The number of thioether (sulfide) groups is 1. The first-order valence-electron chi connectivity index (χ1n) is 5.37. The van der Waals surface area contributed by atoms with Gasteiger partial charge in [-0.1, -0.05) is 6.92 Å². The quantitative estimate of drug-likeness (QED) is 0.381. The molecule has 16 heavy (non-hydrogen) atoms. The maximum Gasteiger partial charge on any atom is 0.145 e. The Kier molecular flexibility index (Phi) is 5.95. The van der Waals surface area contributed by atoms with E-state index in [4.69, 9.17) is 5.84 Å². The molecule has 0 aliphatic heterocycles. The summed E-state index contributed by atoms with van der Waals surface area (Å²) in [5.41, 5.74) is 2.55. The van der Waals surface area contributed by atoms with E-state index in [-0.39, 0.29) is 0 Å². The zero-order valence-corrected chi connectivity index (χ0v) is 10.6. The molecule has 1 rings (SSSR count). The van der Waals surface area contributed by atoms with Gasteiger partial charge in [-0.15, -0.1) is 0 Å². The third-order valence-electron chi connectivity index (χ3n) is 2.07. The van der Waals surface area contributed by atoms with Gasteiger partial charge in [0, 0.05) is 19.0 Å². The molecule has 90 valence electrons. The third-order valence-corrected chi connectivity index (χ3v) is 2.76. The van der Waals surface area contributed by atoms with Crippen molar-refractivity contribution in [1.82, 2.24) is 9.97 Å². The van der Waals surface area contributed by atoms with Gasteiger partial charge in [0.15, 0.2) is 0 Å². The van der Waals surface area contributed by atoms with Crippen molar-refractivity contribution in [2.24, 2.45) is 5.84 Å². The molecule has 0 saturated carbocycles. The fourth-order valence-corrected chi connectivity index (χ4v) is 1.69. The van der Waals surface area contributed by atoms with Crippen molar-refractivity contribution < 1.29 is 0 Å². The van der Waals surface area contributed by atoms with E-state index in [1.165, 1.54) is 0 Å². The van der Waals surface area contributed by atoms with Crippen LogP contribution in [0.25, 0.3) is 0 Å². The van der Waals surface area contributed by atoms with E-state index in [0.717, 1.165) is 36.8 Å². The number of anilines is 2. The average Bonchev–Trinajstić information content (AvgIpc) is 2.34. The summed E-state index contributed by atoms with van der Waals surface area (Å²) >= 11 is 1.85. The summed E-state index contributed by atoms with van der Waals surface area (Å²) in [5.74, 6) is 8.78. The maximum absolute atomic E-state index is 5.35. The van der Waals surface area contributed by atoms with Crippen LogP contribution in [0.15, 0.2) is 6.07 Å². The van der Waals surface area contributed by atoms with Crippen LogP contribution in [-0.4, -0.2) is 28.5 Å². The Morgan fingerprint density at radius 2 is 2.12 bits per heavy atom. The monoisotopic (exact) mass is 241 g/mol. The number of rotatable bonds is 7. The van der Waals surface area contributed by atoms with Gasteiger partial charge in [0.05, 0.1) is 0 Å². The van der Waals surface area contributed by atoms with Crippen molar-refractivity contribution >= 4 is 23.4 Å². The molecule has 0 saturated heterocycles. The predicted molar refractivity (Wildman–Crippen MR) is 70.7 cm³/mol. The number of nitrogens with two attached hydrogens (primary N) is 1. The highest BCUT2D eigenvalue weighted by Crippen LogP contribution is 2.10.